The molecule has 0 amide bonds. The third-order valence-electron chi connectivity index (χ3n) is 3.09. The van der Waals surface area contributed by atoms with Crippen LogP contribution in [0, 0.1) is 11.8 Å². The summed E-state index contributed by atoms with van der Waals surface area (Å²) in [7, 11) is 0. The Labute approximate surface area is 131 Å². The highest BCUT2D eigenvalue weighted by Crippen LogP contribution is 2.43. The molecule has 0 radical (unpaired) electrons. The molecule has 0 N–H and O–H groups in total. The molecule has 2 fully saturated rings. The van der Waals surface area contributed by atoms with Gasteiger partial charge in [-0.3, -0.25) is 0 Å². The molecule has 0 aromatic rings. The lowest BCUT2D eigenvalue weighted by Crippen LogP contribution is -1.97. The fourth-order valence-corrected chi connectivity index (χ4v) is 2.38. The molecular formula is C13H23Cl3O2Si. The summed E-state index contributed by atoms with van der Waals surface area (Å²) < 4.78 is 4.43. The number of ether oxygens (including phenoxy) is 1. The zero-order valence-electron chi connectivity index (χ0n) is 11.6. The van der Waals surface area contributed by atoms with Gasteiger partial charge in [0.05, 0.1) is 6.61 Å². The van der Waals surface area contributed by atoms with Crippen molar-refractivity contribution in [1.82, 2.24) is 0 Å². The number of hydrogen-bond acceptors (Lipinski definition) is 2. The normalized spacial score (nSPS) is 23.6. The molecule has 0 spiro atoms. The molecule has 2 saturated carbocycles. The van der Waals surface area contributed by atoms with Crippen LogP contribution in [-0.2, 0) is 9.53 Å². The molecule has 0 aliphatic heterocycles. The van der Waals surface area contributed by atoms with Crippen LogP contribution in [0.3, 0.4) is 0 Å². The molecule has 6 heteroatoms. The van der Waals surface area contributed by atoms with Crippen molar-refractivity contribution >= 4 is 45.2 Å². The Hall–Kier alpha value is 0.297. The lowest BCUT2D eigenvalue weighted by atomic mass is 10.0. The van der Waals surface area contributed by atoms with E-state index in [1.54, 1.807) is 45.6 Å². The number of carbonyl (C=O) groups excluding carboxylic acids is 1. The number of hydrogen-bond donors (Lipinski definition) is 0. The third-order valence-corrected chi connectivity index (χ3v) is 3.09. The van der Waals surface area contributed by atoms with Gasteiger partial charge in [0.1, 0.15) is 0 Å². The molecule has 2 nitrogen and oxygen atoms in total. The maximum Gasteiger partial charge on any atom is 0.338 e. The van der Waals surface area contributed by atoms with Crippen molar-refractivity contribution in [2.24, 2.45) is 11.8 Å². The Morgan fingerprint density at radius 3 is 1.74 bits per heavy atom. The van der Waals surface area contributed by atoms with Gasteiger partial charge >= 0.3 is 12.0 Å². The van der Waals surface area contributed by atoms with Gasteiger partial charge in [-0.1, -0.05) is 32.3 Å². The van der Waals surface area contributed by atoms with Gasteiger partial charge in [0.15, 0.2) is 0 Å². The van der Waals surface area contributed by atoms with Crippen LogP contribution in [0.25, 0.3) is 0 Å². The monoisotopic (exact) mass is 344 g/mol. The lowest BCUT2D eigenvalue weighted by molar-refractivity contribution is -0.137. The van der Waals surface area contributed by atoms with E-state index in [-0.39, 0.29) is 5.97 Å². The van der Waals surface area contributed by atoms with Crippen LogP contribution in [-0.4, -0.2) is 18.6 Å². The number of esters is 1. The number of fused-ring (bicyclic) bond motifs is 2. The van der Waals surface area contributed by atoms with Crippen LogP contribution in [0.5, 0.6) is 0 Å². The number of carbonyl (C=O) groups is 1. The van der Waals surface area contributed by atoms with Gasteiger partial charge in [-0.05, 0) is 31.7 Å². The average Bonchev–Trinajstić information content (AvgIpc) is 2.92. The van der Waals surface area contributed by atoms with Crippen molar-refractivity contribution < 1.29 is 9.53 Å². The minimum Gasteiger partial charge on any atom is -0.463 e. The van der Waals surface area contributed by atoms with Crippen molar-refractivity contribution in [2.75, 3.05) is 6.61 Å². The molecule has 0 aromatic heterocycles. The van der Waals surface area contributed by atoms with E-state index in [9.17, 15) is 4.79 Å². The quantitative estimate of drug-likeness (QED) is 0.297. The molecule has 2 bridgehead atoms. The van der Waals surface area contributed by atoms with Crippen molar-refractivity contribution in [3.05, 3.63) is 12.7 Å². The molecule has 0 atom stereocenters. The third kappa shape index (κ3) is 13.1. The lowest BCUT2D eigenvalue weighted by Gasteiger charge is -2.05. The summed E-state index contributed by atoms with van der Waals surface area (Å²) in [5, 5.41) is 0. The van der Waals surface area contributed by atoms with E-state index in [1.807, 2.05) is 0 Å². The van der Waals surface area contributed by atoms with Gasteiger partial charge in [0, 0.05) is 6.08 Å². The van der Waals surface area contributed by atoms with E-state index in [2.05, 4.69) is 11.3 Å². The molecule has 112 valence electrons. The molecule has 2 aliphatic carbocycles. The SMILES string of the molecule is C1CC2CCC1C2.C=CC(=O)OCC.C[Si](Cl)(Cl)Cl. The topological polar surface area (TPSA) is 26.3 Å². The van der Waals surface area contributed by atoms with Crippen LogP contribution in [0.4, 0.5) is 0 Å². The summed E-state index contributed by atoms with van der Waals surface area (Å²) >= 11 is 15.6. The van der Waals surface area contributed by atoms with Crippen molar-refractivity contribution in [1.29, 1.82) is 0 Å². The van der Waals surface area contributed by atoms with Gasteiger partial charge in [-0.25, -0.2) is 4.79 Å². The highest BCUT2D eigenvalue weighted by Gasteiger charge is 2.30. The Bertz CT molecular complexity index is 256. The van der Waals surface area contributed by atoms with E-state index in [4.69, 9.17) is 33.2 Å². The minimum atomic E-state index is -2.19. The highest BCUT2D eigenvalue weighted by molar-refractivity contribution is 7.64. The predicted octanol–water partition coefficient (Wildman–Crippen LogP) is 5.20. The van der Waals surface area contributed by atoms with Gasteiger partial charge in [0.2, 0.25) is 0 Å². The van der Waals surface area contributed by atoms with Crippen LogP contribution in [0.2, 0.25) is 6.55 Å². The Kier molecular flexibility index (Phi) is 10.2. The molecule has 0 aromatic carbocycles. The first-order chi connectivity index (χ1) is 8.76. The van der Waals surface area contributed by atoms with Gasteiger partial charge in [0.25, 0.3) is 0 Å². The zero-order chi connectivity index (χ0) is 14.9. The highest BCUT2D eigenvalue weighted by atomic mass is 35.8. The summed E-state index contributed by atoms with van der Waals surface area (Å²) in [6.07, 6.45) is 8.97. The molecule has 2 rings (SSSR count). The maximum absolute atomic E-state index is 10.1. The smallest absolute Gasteiger partial charge is 0.338 e. The summed E-state index contributed by atoms with van der Waals surface area (Å²) in [5.41, 5.74) is 0. The van der Waals surface area contributed by atoms with Crippen LogP contribution < -0.4 is 0 Å². The van der Waals surface area contributed by atoms with Gasteiger partial charge < -0.3 is 4.74 Å². The second-order valence-electron chi connectivity index (χ2n) is 4.86. The number of rotatable bonds is 2. The molecule has 0 saturated heterocycles. The summed E-state index contributed by atoms with van der Waals surface area (Å²) in [4.78, 5) is 10.1. The zero-order valence-corrected chi connectivity index (χ0v) is 14.9. The summed E-state index contributed by atoms with van der Waals surface area (Å²) in [6.45, 7) is 7.00. The van der Waals surface area contributed by atoms with Crippen molar-refractivity contribution in [3.8, 4) is 0 Å². The first kappa shape index (κ1) is 19.3. The van der Waals surface area contributed by atoms with Crippen LogP contribution >= 0.6 is 33.2 Å². The second kappa shape index (κ2) is 10.1. The van der Waals surface area contributed by atoms with Crippen molar-refractivity contribution in [2.45, 2.75) is 45.6 Å². The molecule has 0 heterocycles. The Morgan fingerprint density at radius 2 is 1.63 bits per heavy atom. The second-order valence-corrected chi connectivity index (χ2v) is 15.0. The first-order valence-electron chi connectivity index (χ1n) is 6.62. The summed E-state index contributed by atoms with van der Waals surface area (Å²) in [5.74, 6) is 1.98. The fourth-order valence-electron chi connectivity index (χ4n) is 2.38. The Morgan fingerprint density at radius 1 is 1.26 bits per heavy atom. The molecule has 2 aliphatic rings. The Balaban J connectivity index is 0.000000261. The molecule has 0 unspecified atom stereocenters. The standard InChI is InChI=1S/C7H12.C5H8O2.CH3Cl3Si/c1-2-7-4-3-6(1)5-7;1-3-5(6)7-4-2;1-5(2,3)4/h6-7H,1-5H2;3H,1,4H2,2H3;1H3. The number of halogens is 3. The predicted molar refractivity (Wildman–Crippen MR) is 86.1 cm³/mol. The van der Waals surface area contributed by atoms with E-state index in [1.165, 1.54) is 11.8 Å². The molecule has 19 heavy (non-hydrogen) atoms. The van der Waals surface area contributed by atoms with Gasteiger partial charge in [-0.2, -0.15) is 0 Å². The fraction of sp³-hybridized carbons (Fsp3) is 0.769. The first-order valence-corrected chi connectivity index (χ1v) is 12.2. The van der Waals surface area contributed by atoms with Crippen LogP contribution in [0.1, 0.15) is 39.0 Å². The van der Waals surface area contributed by atoms with Crippen molar-refractivity contribution in [3.63, 3.8) is 0 Å². The average molecular weight is 346 g/mol. The van der Waals surface area contributed by atoms with E-state index in [0.29, 0.717) is 6.61 Å². The van der Waals surface area contributed by atoms with Gasteiger partial charge in [-0.15, -0.1) is 33.2 Å². The van der Waals surface area contributed by atoms with E-state index < -0.39 is 6.00 Å². The van der Waals surface area contributed by atoms with E-state index in [0.717, 1.165) is 6.08 Å². The molecular weight excluding hydrogens is 323 g/mol. The maximum atomic E-state index is 10.1. The van der Waals surface area contributed by atoms with E-state index >= 15 is 0 Å². The largest absolute Gasteiger partial charge is 0.463 e. The summed E-state index contributed by atoms with van der Waals surface area (Å²) in [6, 6.07) is -2.19. The van der Waals surface area contributed by atoms with Crippen LogP contribution in [0.15, 0.2) is 12.7 Å². The minimum absolute atomic E-state index is 0.359.